The van der Waals surface area contributed by atoms with Gasteiger partial charge in [0.15, 0.2) is 15.8 Å². The van der Waals surface area contributed by atoms with E-state index in [0.29, 0.717) is 25.5 Å². The first kappa shape index (κ1) is 22.9. The van der Waals surface area contributed by atoms with Crippen molar-refractivity contribution in [2.45, 2.75) is 52.3 Å². The van der Waals surface area contributed by atoms with Crippen LogP contribution < -0.4 is 10.6 Å². The number of hydrogen-bond donors (Lipinski definition) is 2. The number of aromatic nitrogens is 1. The Morgan fingerprint density at radius 3 is 2.52 bits per heavy atom. The van der Waals surface area contributed by atoms with E-state index >= 15 is 0 Å². The minimum atomic E-state index is -3.13. The fourth-order valence-electron chi connectivity index (χ4n) is 3.02. The molecule has 0 aliphatic carbocycles. The lowest BCUT2D eigenvalue weighted by molar-refractivity contribution is 0.380. The third-order valence-electron chi connectivity index (χ3n) is 4.50. The molecule has 0 saturated carbocycles. The molecule has 1 aromatic heterocycles. The highest BCUT2D eigenvalue weighted by molar-refractivity contribution is 7.90. The van der Waals surface area contributed by atoms with Crippen molar-refractivity contribution < 1.29 is 12.9 Å². The molecule has 0 aliphatic heterocycles. The molecule has 0 spiro atoms. The maximum atomic E-state index is 12.3. The predicted octanol–water partition coefficient (Wildman–Crippen LogP) is 2.86. The first-order valence-corrected chi connectivity index (χ1v) is 12.0. The molecule has 2 aromatic rings. The zero-order chi connectivity index (χ0) is 21.1. The van der Waals surface area contributed by atoms with Crippen LogP contribution >= 0.6 is 0 Å². The fourth-order valence-corrected chi connectivity index (χ4v) is 4.44. The van der Waals surface area contributed by atoms with Crippen molar-refractivity contribution in [2.24, 2.45) is 4.99 Å². The number of nitrogens with one attached hydrogen (secondary N) is 2. The summed E-state index contributed by atoms with van der Waals surface area (Å²) in [7, 11) is -3.13. The smallest absolute Gasteiger partial charge is 0.191 e. The van der Waals surface area contributed by atoms with E-state index in [0.717, 1.165) is 42.0 Å². The SMILES string of the molecule is CCNC(=NCc1c(CC)noc1CC)NCCCS(=O)(=O)Cc1ccccc1. The van der Waals surface area contributed by atoms with Gasteiger partial charge in [0.2, 0.25) is 0 Å². The second-order valence-corrected chi connectivity index (χ2v) is 8.98. The molecule has 0 atom stereocenters. The van der Waals surface area contributed by atoms with Crippen molar-refractivity contribution in [3.05, 3.63) is 52.9 Å². The van der Waals surface area contributed by atoms with Crippen LogP contribution in [0.15, 0.2) is 39.8 Å². The number of hydrogen-bond acceptors (Lipinski definition) is 5. The lowest BCUT2D eigenvalue weighted by Crippen LogP contribution is -2.38. The Hall–Kier alpha value is -2.35. The highest BCUT2D eigenvalue weighted by Crippen LogP contribution is 2.16. The molecule has 0 unspecified atom stereocenters. The summed E-state index contributed by atoms with van der Waals surface area (Å²) >= 11 is 0. The minimum Gasteiger partial charge on any atom is -0.361 e. The summed E-state index contributed by atoms with van der Waals surface area (Å²) in [6.07, 6.45) is 2.10. The fraction of sp³-hybridized carbons (Fsp3) is 0.524. The Bertz CT molecular complexity index is 855. The van der Waals surface area contributed by atoms with E-state index in [1.807, 2.05) is 51.1 Å². The van der Waals surface area contributed by atoms with Crippen LogP contribution in [0.1, 0.15) is 49.8 Å². The molecule has 160 valence electrons. The molecule has 1 heterocycles. The number of nitrogens with zero attached hydrogens (tertiary/aromatic N) is 2. The Morgan fingerprint density at radius 1 is 1.10 bits per heavy atom. The van der Waals surface area contributed by atoms with E-state index in [1.54, 1.807) is 0 Å². The summed E-state index contributed by atoms with van der Waals surface area (Å²) in [6, 6.07) is 9.27. The largest absolute Gasteiger partial charge is 0.361 e. The van der Waals surface area contributed by atoms with Crippen molar-refractivity contribution >= 4 is 15.8 Å². The van der Waals surface area contributed by atoms with Crippen LogP contribution in [0.4, 0.5) is 0 Å². The Labute approximate surface area is 173 Å². The highest BCUT2D eigenvalue weighted by Gasteiger charge is 2.14. The van der Waals surface area contributed by atoms with Gasteiger partial charge >= 0.3 is 0 Å². The molecule has 0 saturated heterocycles. The summed E-state index contributed by atoms with van der Waals surface area (Å²) in [5.74, 6) is 1.75. The molecule has 0 fully saturated rings. The van der Waals surface area contributed by atoms with E-state index in [4.69, 9.17) is 4.52 Å². The zero-order valence-electron chi connectivity index (χ0n) is 17.6. The summed E-state index contributed by atoms with van der Waals surface area (Å²) in [5.41, 5.74) is 2.80. The molecule has 0 amide bonds. The van der Waals surface area contributed by atoms with Crippen LogP contribution in [0.3, 0.4) is 0 Å². The molecule has 1 aromatic carbocycles. The quantitative estimate of drug-likeness (QED) is 0.330. The standard InChI is InChI=1S/C21H32N4O3S/c1-4-19-18(20(5-2)28-25-19)15-24-21(22-6-3)23-13-10-14-29(26,27)16-17-11-8-7-9-12-17/h7-9,11-12H,4-6,10,13-16H2,1-3H3,(H2,22,23,24). The second kappa shape index (κ2) is 11.6. The van der Waals surface area contributed by atoms with Crippen LogP contribution in [-0.4, -0.2) is 38.4 Å². The molecule has 7 nitrogen and oxygen atoms in total. The molecule has 0 radical (unpaired) electrons. The summed E-state index contributed by atoms with van der Waals surface area (Å²) in [6.45, 7) is 7.82. The number of aryl methyl sites for hydroxylation is 2. The van der Waals surface area contributed by atoms with E-state index < -0.39 is 9.84 Å². The van der Waals surface area contributed by atoms with Gasteiger partial charge in [-0.1, -0.05) is 49.3 Å². The number of guanidine groups is 1. The third-order valence-corrected chi connectivity index (χ3v) is 6.18. The van der Waals surface area contributed by atoms with Crippen LogP contribution in [-0.2, 0) is 35.0 Å². The molecule has 0 bridgehead atoms. The van der Waals surface area contributed by atoms with Gasteiger partial charge < -0.3 is 15.2 Å². The first-order valence-electron chi connectivity index (χ1n) is 10.2. The van der Waals surface area contributed by atoms with Crippen LogP contribution in [0.5, 0.6) is 0 Å². The van der Waals surface area contributed by atoms with Crippen molar-refractivity contribution in [3.63, 3.8) is 0 Å². The van der Waals surface area contributed by atoms with Crippen LogP contribution in [0, 0.1) is 0 Å². The maximum Gasteiger partial charge on any atom is 0.191 e. The van der Waals surface area contributed by atoms with Gasteiger partial charge in [0.25, 0.3) is 0 Å². The average Bonchev–Trinajstić information content (AvgIpc) is 3.11. The summed E-state index contributed by atoms with van der Waals surface area (Å²) in [4.78, 5) is 4.62. The number of benzene rings is 1. The Balaban J connectivity index is 1.87. The number of sulfone groups is 1. The first-order chi connectivity index (χ1) is 14.0. The van der Waals surface area contributed by atoms with Crippen molar-refractivity contribution in [3.8, 4) is 0 Å². The molecule has 0 aliphatic rings. The summed E-state index contributed by atoms with van der Waals surface area (Å²) < 4.78 is 30.0. The number of aliphatic imine (C=N–C) groups is 1. The van der Waals surface area contributed by atoms with Crippen molar-refractivity contribution in [1.29, 1.82) is 0 Å². The second-order valence-electron chi connectivity index (χ2n) is 6.79. The van der Waals surface area contributed by atoms with Crippen molar-refractivity contribution in [2.75, 3.05) is 18.8 Å². The predicted molar refractivity (Wildman–Crippen MR) is 117 cm³/mol. The molecular weight excluding hydrogens is 388 g/mol. The minimum absolute atomic E-state index is 0.0784. The monoisotopic (exact) mass is 420 g/mol. The number of rotatable bonds is 11. The molecule has 2 N–H and O–H groups in total. The van der Waals surface area contributed by atoms with Gasteiger partial charge in [0.05, 0.1) is 23.7 Å². The van der Waals surface area contributed by atoms with Crippen LogP contribution in [0.2, 0.25) is 0 Å². The molecule has 29 heavy (non-hydrogen) atoms. The summed E-state index contributed by atoms with van der Waals surface area (Å²) in [5, 5.41) is 10.5. The van der Waals surface area contributed by atoms with E-state index in [9.17, 15) is 8.42 Å². The third kappa shape index (κ3) is 7.53. The van der Waals surface area contributed by atoms with Crippen molar-refractivity contribution in [1.82, 2.24) is 15.8 Å². The average molecular weight is 421 g/mol. The van der Waals surface area contributed by atoms with E-state index in [2.05, 4.69) is 20.8 Å². The topological polar surface area (TPSA) is 96.6 Å². The molecule has 8 heteroatoms. The van der Waals surface area contributed by atoms with Gasteiger partial charge in [-0.05, 0) is 25.3 Å². The normalized spacial score (nSPS) is 12.2. The van der Waals surface area contributed by atoms with Gasteiger partial charge in [-0.25, -0.2) is 13.4 Å². The zero-order valence-corrected chi connectivity index (χ0v) is 18.4. The Morgan fingerprint density at radius 2 is 1.86 bits per heavy atom. The van der Waals surface area contributed by atoms with Gasteiger partial charge in [-0.3, -0.25) is 0 Å². The van der Waals surface area contributed by atoms with E-state index in [-0.39, 0.29) is 11.5 Å². The lowest BCUT2D eigenvalue weighted by Gasteiger charge is -2.11. The van der Waals surface area contributed by atoms with E-state index in [1.165, 1.54) is 0 Å². The van der Waals surface area contributed by atoms with Gasteiger partial charge in [0.1, 0.15) is 5.76 Å². The van der Waals surface area contributed by atoms with Crippen LogP contribution in [0.25, 0.3) is 0 Å². The van der Waals surface area contributed by atoms with Gasteiger partial charge in [-0.15, -0.1) is 0 Å². The highest BCUT2D eigenvalue weighted by atomic mass is 32.2. The van der Waals surface area contributed by atoms with Gasteiger partial charge in [-0.2, -0.15) is 0 Å². The van der Waals surface area contributed by atoms with Gasteiger partial charge in [0, 0.05) is 25.1 Å². The molecule has 2 rings (SSSR count). The lowest BCUT2D eigenvalue weighted by atomic mass is 10.1. The maximum absolute atomic E-state index is 12.3. The Kier molecular flexibility index (Phi) is 9.18. The molecular formula is C21H32N4O3S.